The predicted octanol–water partition coefficient (Wildman–Crippen LogP) is 3.40. The number of urea groups is 1. The van der Waals surface area contributed by atoms with E-state index >= 15 is 0 Å². The van der Waals surface area contributed by atoms with E-state index in [-0.39, 0.29) is 12.6 Å². The van der Waals surface area contributed by atoms with Gasteiger partial charge in [0.2, 0.25) is 0 Å². The van der Waals surface area contributed by atoms with Crippen molar-refractivity contribution in [1.82, 2.24) is 9.80 Å². The molecule has 2 heterocycles. The van der Waals surface area contributed by atoms with Crippen LogP contribution in [0.3, 0.4) is 0 Å². The summed E-state index contributed by atoms with van der Waals surface area (Å²) in [5.41, 5.74) is 3.64. The third kappa shape index (κ3) is 5.84. The molecular weight excluding hydrogens is 416 g/mol. The van der Waals surface area contributed by atoms with E-state index in [1.165, 1.54) is 0 Å². The van der Waals surface area contributed by atoms with Crippen molar-refractivity contribution in [3.8, 4) is 11.8 Å². The van der Waals surface area contributed by atoms with Gasteiger partial charge in [0.25, 0.3) is 0 Å². The van der Waals surface area contributed by atoms with Crippen molar-refractivity contribution in [1.29, 1.82) is 5.26 Å². The molecule has 3 atom stereocenters. The number of β-amino-alcohol motifs (C(OH)–C–C–N with tert-alkyl or cyclic N) is 1. The number of nitrogens with zero attached hydrogens (tertiary/aromatic N) is 3. The number of likely N-dealkylation sites (tertiary alicyclic amines) is 2. The first kappa shape index (κ1) is 23.1. The largest absolute Gasteiger partial charge is 0.491 e. The Balaban J connectivity index is 1.26. The highest BCUT2D eigenvalue weighted by atomic mass is 16.5. The van der Waals surface area contributed by atoms with Gasteiger partial charge in [0.1, 0.15) is 18.5 Å². The number of benzene rings is 2. The number of aliphatic hydroxyl groups excluding tert-OH is 1. The molecule has 2 N–H and O–H groups in total. The van der Waals surface area contributed by atoms with Crippen LogP contribution in [0.5, 0.6) is 5.75 Å². The second-order valence-electron chi connectivity index (χ2n) is 9.39. The molecule has 0 aromatic heterocycles. The number of aliphatic hydroxyl groups is 1. The Kier molecular flexibility index (Phi) is 7.17. The van der Waals surface area contributed by atoms with Gasteiger partial charge < -0.3 is 20.1 Å². The number of piperidine rings is 2. The van der Waals surface area contributed by atoms with Crippen LogP contribution in [0, 0.1) is 37.0 Å². The van der Waals surface area contributed by atoms with Crippen LogP contribution >= 0.6 is 0 Å². The summed E-state index contributed by atoms with van der Waals surface area (Å²) in [7, 11) is 0. The van der Waals surface area contributed by atoms with Crippen LogP contribution in [0.2, 0.25) is 0 Å². The van der Waals surface area contributed by atoms with Crippen LogP contribution in [0.15, 0.2) is 42.5 Å². The molecular formula is C26H32N4O3. The Labute approximate surface area is 195 Å². The lowest BCUT2D eigenvalue weighted by atomic mass is 9.84. The number of nitrogens with one attached hydrogen (secondary N) is 1. The molecule has 0 radical (unpaired) electrons. The van der Waals surface area contributed by atoms with Crippen molar-refractivity contribution in [3.63, 3.8) is 0 Å². The van der Waals surface area contributed by atoms with E-state index in [0.717, 1.165) is 49.4 Å². The minimum Gasteiger partial charge on any atom is -0.491 e. The van der Waals surface area contributed by atoms with Gasteiger partial charge >= 0.3 is 6.03 Å². The Hall–Kier alpha value is -3.08. The summed E-state index contributed by atoms with van der Waals surface area (Å²) in [6, 6.07) is 15.0. The Morgan fingerprint density at radius 3 is 2.36 bits per heavy atom. The smallest absolute Gasteiger partial charge is 0.321 e. The highest BCUT2D eigenvalue weighted by Gasteiger charge is 2.36. The number of fused-ring (bicyclic) bond motifs is 2. The maximum Gasteiger partial charge on any atom is 0.321 e. The molecule has 4 rings (SSSR count). The summed E-state index contributed by atoms with van der Waals surface area (Å²) in [5.74, 6) is 1.47. The molecule has 7 heteroatoms. The second kappa shape index (κ2) is 10.2. The molecule has 2 amide bonds. The summed E-state index contributed by atoms with van der Waals surface area (Å²) in [5, 5.41) is 22.5. The van der Waals surface area contributed by atoms with Crippen LogP contribution in [-0.2, 0) is 0 Å². The van der Waals surface area contributed by atoms with Crippen molar-refractivity contribution >= 4 is 11.7 Å². The van der Waals surface area contributed by atoms with Gasteiger partial charge in [-0.3, -0.25) is 4.90 Å². The number of aryl methyl sites for hydroxylation is 2. The van der Waals surface area contributed by atoms with Crippen molar-refractivity contribution in [2.75, 3.05) is 44.6 Å². The van der Waals surface area contributed by atoms with E-state index in [2.05, 4.69) is 16.3 Å². The lowest BCUT2D eigenvalue weighted by molar-refractivity contribution is 0.0105. The maximum atomic E-state index is 12.9. The number of rotatable bonds is 6. The molecule has 3 unspecified atom stereocenters. The van der Waals surface area contributed by atoms with E-state index in [1.54, 1.807) is 24.3 Å². The Morgan fingerprint density at radius 1 is 1.12 bits per heavy atom. The first-order chi connectivity index (χ1) is 15.9. The second-order valence-corrected chi connectivity index (χ2v) is 9.39. The van der Waals surface area contributed by atoms with Crippen molar-refractivity contribution in [2.45, 2.75) is 26.4 Å². The molecule has 2 bridgehead atoms. The van der Waals surface area contributed by atoms with Crippen LogP contribution in [0.4, 0.5) is 10.5 Å². The zero-order valence-corrected chi connectivity index (χ0v) is 19.3. The van der Waals surface area contributed by atoms with Gasteiger partial charge in [-0.1, -0.05) is 18.2 Å². The standard InChI is InChI=1S/C26H32N4O3/c1-18-4-3-5-19(2)25(18)28-26(32)30-14-21-10-22(15-30)13-29(12-21)16-23(31)17-33-24-8-6-20(11-27)7-9-24/h3-9,21-23,31H,10,12-17H2,1-2H3,(H,28,32). The van der Waals surface area contributed by atoms with E-state index < -0.39 is 6.10 Å². The average Bonchev–Trinajstić information content (AvgIpc) is 2.80. The van der Waals surface area contributed by atoms with Crippen LogP contribution in [0.1, 0.15) is 23.1 Å². The number of para-hydroxylation sites is 1. The zero-order valence-electron chi connectivity index (χ0n) is 19.3. The first-order valence-corrected chi connectivity index (χ1v) is 11.6. The monoisotopic (exact) mass is 448 g/mol. The lowest BCUT2D eigenvalue weighted by Crippen LogP contribution is -2.56. The number of amides is 2. The van der Waals surface area contributed by atoms with Gasteiger partial charge in [-0.2, -0.15) is 5.26 Å². The maximum absolute atomic E-state index is 12.9. The van der Waals surface area contributed by atoms with E-state index in [9.17, 15) is 9.90 Å². The molecule has 33 heavy (non-hydrogen) atoms. The van der Waals surface area contributed by atoms with Gasteiger partial charge in [-0.05, 0) is 67.5 Å². The molecule has 2 aromatic rings. The Morgan fingerprint density at radius 2 is 1.76 bits per heavy atom. The minimum atomic E-state index is -0.595. The highest BCUT2D eigenvalue weighted by molar-refractivity contribution is 5.91. The molecule has 0 aliphatic carbocycles. The quantitative estimate of drug-likeness (QED) is 0.707. The molecule has 174 valence electrons. The number of nitriles is 1. The predicted molar refractivity (Wildman–Crippen MR) is 127 cm³/mol. The first-order valence-electron chi connectivity index (χ1n) is 11.6. The highest BCUT2D eigenvalue weighted by Crippen LogP contribution is 2.29. The number of carbonyl (C=O) groups excluding carboxylic acids is 1. The third-order valence-electron chi connectivity index (χ3n) is 6.55. The normalized spacial score (nSPS) is 21.2. The van der Waals surface area contributed by atoms with E-state index in [1.807, 2.05) is 36.9 Å². The fourth-order valence-corrected chi connectivity index (χ4v) is 5.07. The summed E-state index contributed by atoms with van der Waals surface area (Å²) in [6.07, 6.45) is 0.532. The van der Waals surface area contributed by atoms with Gasteiger partial charge in [0.05, 0.1) is 11.6 Å². The van der Waals surface area contributed by atoms with E-state index in [0.29, 0.717) is 29.7 Å². The van der Waals surface area contributed by atoms with Crippen molar-refractivity contribution in [3.05, 3.63) is 59.2 Å². The SMILES string of the molecule is Cc1cccc(C)c1NC(=O)N1CC2CC(CN(CC(O)COc3ccc(C#N)cc3)C2)C1. The molecule has 2 aliphatic heterocycles. The molecule has 0 spiro atoms. The van der Waals surface area contributed by atoms with Crippen molar-refractivity contribution < 1.29 is 14.6 Å². The van der Waals surface area contributed by atoms with Crippen LogP contribution < -0.4 is 10.1 Å². The van der Waals surface area contributed by atoms with Gasteiger partial charge in [-0.25, -0.2) is 4.79 Å². The third-order valence-corrected chi connectivity index (χ3v) is 6.55. The Bertz CT molecular complexity index is 983. The number of hydrogen-bond acceptors (Lipinski definition) is 5. The number of carbonyl (C=O) groups is 1. The molecule has 2 aliphatic rings. The van der Waals surface area contributed by atoms with Crippen LogP contribution in [-0.4, -0.2) is 66.4 Å². The summed E-state index contributed by atoms with van der Waals surface area (Å²) in [6.45, 7) is 8.02. The number of anilines is 1. The fourth-order valence-electron chi connectivity index (χ4n) is 5.07. The molecule has 2 aromatic carbocycles. The molecule has 2 saturated heterocycles. The summed E-state index contributed by atoms with van der Waals surface area (Å²) in [4.78, 5) is 17.2. The summed E-state index contributed by atoms with van der Waals surface area (Å²) >= 11 is 0. The zero-order chi connectivity index (χ0) is 23.4. The van der Waals surface area contributed by atoms with Gasteiger partial charge in [0.15, 0.2) is 0 Å². The molecule has 7 nitrogen and oxygen atoms in total. The van der Waals surface area contributed by atoms with E-state index in [4.69, 9.17) is 10.00 Å². The van der Waals surface area contributed by atoms with Gasteiger partial charge in [-0.15, -0.1) is 0 Å². The molecule has 0 saturated carbocycles. The fraction of sp³-hybridized carbons (Fsp3) is 0.462. The van der Waals surface area contributed by atoms with Crippen molar-refractivity contribution in [2.24, 2.45) is 11.8 Å². The number of hydrogen-bond donors (Lipinski definition) is 2. The van der Waals surface area contributed by atoms with Gasteiger partial charge in [0, 0.05) is 38.4 Å². The lowest BCUT2D eigenvalue weighted by Gasteiger charge is -2.46. The minimum absolute atomic E-state index is 0.0219. The summed E-state index contributed by atoms with van der Waals surface area (Å²) < 4.78 is 5.68. The number of ether oxygens (including phenoxy) is 1. The average molecular weight is 449 g/mol. The van der Waals surface area contributed by atoms with Crippen LogP contribution in [0.25, 0.3) is 0 Å². The molecule has 2 fully saturated rings. The topological polar surface area (TPSA) is 88.8 Å².